The van der Waals surface area contributed by atoms with Gasteiger partial charge in [0.25, 0.3) is 0 Å². The molecule has 3 rings (SSSR count). The van der Waals surface area contributed by atoms with Gasteiger partial charge in [0.2, 0.25) is 5.91 Å². The molecule has 2 aromatic carbocycles. The van der Waals surface area contributed by atoms with Crippen molar-refractivity contribution < 1.29 is 23.0 Å². The van der Waals surface area contributed by atoms with Crippen LogP contribution in [0.2, 0.25) is 5.02 Å². The molecule has 0 aliphatic rings. The first kappa shape index (κ1) is 19.0. The monoisotopic (exact) mass is 394 g/mol. The molecule has 1 heterocycles. The van der Waals surface area contributed by atoms with E-state index in [2.05, 4.69) is 10.1 Å². The van der Waals surface area contributed by atoms with Crippen LogP contribution in [0.1, 0.15) is 5.56 Å². The Morgan fingerprint density at radius 2 is 2.00 bits per heavy atom. The van der Waals surface area contributed by atoms with E-state index in [4.69, 9.17) is 16.3 Å². The fourth-order valence-electron chi connectivity index (χ4n) is 2.73. The third kappa shape index (κ3) is 4.68. The number of hydrogen-bond donors (Lipinski definition) is 1. The number of hydrogen-bond acceptors (Lipinski definition) is 3. The second-order valence-electron chi connectivity index (χ2n) is 5.79. The number of methoxy groups -OCH3 is 1. The summed E-state index contributed by atoms with van der Waals surface area (Å²) in [7, 11) is 1.36. The Balaban J connectivity index is 1.65. The van der Waals surface area contributed by atoms with Crippen molar-refractivity contribution in [2.75, 3.05) is 7.11 Å². The molecule has 0 fully saturated rings. The summed E-state index contributed by atoms with van der Waals surface area (Å²) in [5.41, 5.74) is 1.47. The number of nitrogens with zero attached hydrogens (tertiary/aromatic N) is 1. The summed E-state index contributed by atoms with van der Waals surface area (Å²) in [5, 5.41) is 4.33. The first-order chi connectivity index (χ1) is 13.0. The summed E-state index contributed by atoms with van der Waals surface area (Å²) in [6, 6.07) is 12.0. The Bertz CT molecular complexity index is 959. The zero-order chi connectivity index (χ0) is 19.4. The standard InChI is InChI=1S/C19H17ClF2N2O3/c1-26-16-5-2-12(8-17(16)27-19(21)22)10-23-18(25)11-24-7-6-13-3-4-14(20)9-15(13)24/h2-9,19H,10-11H2,1H3,(H,23,25). The van der Waals surface area contributed by atoms with Crippen LogP contribution >= 0.6 is 11.6 Å². The number of rotatable bonds is 7. The number of carbonyl (C=O) groups excluding carboxylic acids is 1. The minimum absolute atomic E-state index is 0.0784. The first-order valence-corrected chi connectivity index (χ1v) is 8.47. The molecule has 0 spiro atoms. The van der Waals surface area contributed by atoms with Crippen LogP contribution in [-0.4, -0.2) is 24.2 Å². The smallest absolute Gasteiger partial charge is 0.387 e. The van der Waals surface area contributed by atoms with E-state index in [1.807, 2.05) is 18.3 Å². The first-order valence-electron chi connectivity index (χ1n) is 8.09. The maximum atomic E-state index is 12.5. The lowest BCUT2D eigenvalue weighted by Gasteiger charge is -2.12. The molecule has 142 valence electrons. The topological polar surface area (TPSA) is 52.5 Å². The Labute approximate surface area is 159 Å². The molecule has 5 nitrogen and oxygen atoms in total. The van der Waals surface area contributed by atoms with Crippen LogP contribution in [0.4, 0.5) is 8.78 Å². The number of halogens is 3. The predicted molar refractivity (Wildman–Crippen MR) is 98.4 cm³/mol. The number of nitrogens with one attached hydrogen (secondary N) is 1. The van der Waals surface area contributed by atoms with Crippen LogP contribution in [0.5, 0.6) is 11.5 Å². The van der Waals surface area contributed by atoms with Gasteiger partial charge in [0.15, 0.2) is 11.5 Å². The molecule has 1 amide bonds. The minimum atomic E-state index is -2.96. The van der Waals surface area contributed by atoms with Crippen molar-refractivity contribution >= 4 is 28.4 Å². The van der Waals surface area contributed by atoms with E-state index < -0.39 is 6.61 Å². The zero-order valence-corrected chi connectivity index (χ0v) is 15.2. The molecular weight excluding hydrogens is 378 g/mol. The van der Waals surface area contributed by atoms with Crippen molar-refractivity contribution in [3.05, 3.63) is 59.2 Å². The van der Waals surface area contributed by atoms with Gasteiger partial charge in [0.05, 0.1) is 7.11 Å². The largest absolute Gasteiger partial charge is 0.493 e. The average molecular weight is 395 g/mol. The summed E-state index contributed by atoms with van der Waals surface area (Å²) < 4.78 is 36.2. The minimum Gasteiger partial charge on any atom is -0.493 e. The highest BCUT2D eigenvalue weighted by atomic mass is 35.5. The number of alkyl halides is 2. The van der Waals surface area contributed by atoms with E-state index in [1.165, 1.54) is 19.2 Å². The van der Waals surface area contributed by atoms with Gasteiger partial charge >= 0.3 is 6.61 Å². The van der Waals surface area contributed by atoms with E-state index >= 15 is 0 Å². The van der Waals surface area contributed by atoms with Crippen molar-refractivity contribution in [2.24, 2.45) is 0 Å². The number of benzene rings is 2. The molecule has 0 saturated heterocycles. The molecular formula is C19H17ClF2N2O3. The molecule has 0 atom stereocenters. The lowest BCUT2D eigenvalue weighted by Crippen LogP contribution is -2.26. The number of fused-ring (bicyclic) bond motifs is 1. The third-order valence-electron chi connectivity index (χ3n) is 3.98. The Morgan fingerprint density at radius 3 is 2.74 bits per heavy atom. The number of carbonyl (C=O) groups is 1. The molecule has 0 aliphatic heterocycles. The van der Waals surface area contributed by atoms with Crippen molar-refractivity contribution in [1.82, 2.24) is 9.88 Å². The molecule has 3 aromatic rings. The van der Waals surface area contributed by atoms with Gasteiger partial charge in [0, 0.05) is 23.3 Å². The highest BCUT2D eigenvalue weighted by Crippen LogP contribution is 2.29. The van der Waals surface area contributed by atoms with Gasteiger partial charge in [0.1, 0.15) is 6.54 Å². The molecule has 0 radical (unpaired) electrons. The number of aromatic nitrogens is 1. The second kappa shape index (κ2) is 8.26. The molecule has 27 heavy (non-hydrogen) atoms. The van der Waals surface area contributed by atoms with Gasteiger partial charge in [-0.3, -0.25) is 4.79 Å². The quantitative estimate of drug-likeness (QED) is 0.652. The van der Waals surface area contributed by atoms with Crippen molar-refractivity contribution in [3.63, 3.8) is 0 Å². The Morgan fingerprint density at radius 1 is 1.19 bits per heavy atom. The van der Waals surface area contributed by atoms with Crippen LogP contribution in [0.15, 0.2) is 48.7 Å². The third-order valence-corrected chi connectivity index (χ3v) is 4.22. The van der Waals surface area contributed by atoms with Gasteiger partial charge in [-0.25, -0.2) is 0 Å². The number of amides is 1. The molecule has 8 heteroatoms. The summed E-state index contributed by atoms with van der Waals surface area (Å²) in [6.45, 7) is -2.68. The van der Waals surface area contributed by atoms with Gasteiger partial charge in [-0.15, -0.1) is 0 Å². The molecule has 0 bridgehead atoms. The van der Waals surface area contributed by atoms with Gasteiger partial charge in [-0.05, 0) is 41.3 Å². The maximum Gasteiger partial charge on any atom is 0.387 e. The molecule has 0 aliphatic carbocycles. The highest BCUT2D eigenvalue weighted by Gasteiger charge is 2.12. The van der Waals surface area contributed by atoms with Crippen LogP contribution in [0.25, 0.3) is 10.9 Å². The molecule has 1 N–H and O–H groups in total. The molecule has 1 aromatic heterocycles. The lowest BCUT2D eigenvalue weighted by atomic mass is 10.2. The Kier molecular flexibility index (Phi) is 5.81. The fraction of sp³-hybridized carbons (Fsp3) is 0.211. The Hall–Kier alpha value is -2.80. The molecule has 0 unspecified atom stereocenters. The van der Waals surface area contributed by atoms with E-state index in [1.54, 1.807) is 22.8 Å². The van der Waals surface area contributed by atoms with E-state index in [0.29, 0.717) is 10.6 Å². The fourth-order valence-corrected chi connectivity index (χ4v) is 2.89. The van der Waals surface area contributed by atoms with E-state index in [-0.39, 0.29) is 30.5 Å². The van der Waals surface area contributed by atoms with Gasteiger partial charge < -0.3 is 19.4 Å². The van der Waals surface area contributed by atoms with E-state index in [9.17, 15) is 13.6 Å². The van der Waals surface area contributed by atoms with Crippen molar-refractivity contribution in [3.8, 4) is 11.5 Å². The van der Waals surface area contributed by atoms with Crippen LogP contribution in [0, 0.1) is 0 Å². The van der Waals surface area contributed by atoms with Gasteiger partial charge in [-0.1, -0.05) is 23.7 Å². The predicted octanol–water partition coefficient (Wildman–Crippen LogP) is 4.22. The highest BCUT2D eigenvalue weighted by molar-refractivity contribution is 6.31. The van der Waals surface area contributed by atoms with Crippen molar-refractivity contribution in [1.29, 1.82) is 0 Å². The summed E-state index contributed by atoms with van der Waals surface area (Å²) in [4.78, 5) is 12.3. The SMILES string of the molecule is COc1ccc(CNC(=O)Cn2ccc3ccc(Cl)cc32)cc1OC(F)F. The van der Waals surface area contributed by atoms with Crippen LogP contribution < -0.4 is 14.8 Å². The van der Waals surface area contributed by atoms with Gasteiger partial charge in [-0.2, -0.15) is 8.78 Å². The average Bonchev–Trinajstić information content (AvgIpc) is 3.01. The van der Waals surface area contributed by atoms with Crippen LogP contribution in [-0.2, 0) is 17.9 Å². The summed E-state index contributed by atoms with van der Waals surface area (Å²) in [5.74, 6) is -0.106. The summed E-state index contributed by atoms with van der Waals surface area (Å²) in [6.07, 6.45) is 1.81. The lowest BCUT2D eigenvalue weighted by molar-refractivity contribution is -0.121. The van der Waals surface area contributed by atoms with Crippen LogP contribution in [0.3, 0.4) is 0 Å². The normalized spacial score (nSPS) is 11.0. The van der Waals surface area contributed by atoms with Crippen molar-refractivity contribution in [2.45, 2.75) is 19.7 Å². The van der Waals surface area contributed by atoms with E-state index in [0.717, 1.165) is 10.9 Å². The zero-order valence-electron chi connectivity index (χ0n) is 14.4. The summed E-state index contributed by atoms with van der Waals surface area (Å²) >= 11 is 6.01. The maximum absolute atomic E-state index is 12.5. The number of ether oxygens (including phenoxy) is 2. The molecule has 0 saturated carbocycles. The second-order valence-corrected chi connectivity index (χ2v) is 6.22.